The van der Waals surface area contributed by atoms with E-state index in [4.69, 9.17) is 5.11 Å². The minimum Gasteiger partial charge on any atom is -0.481 e. The number of rotatable bonds is 9. The van der Waals surface area contributed by atoms with E-state index >= 15 is 0 Å². The van der Waals surface area contributed by atoms with Gasteiger partial charge in [0.25, 0.3) is 0 Å². The molecule has 0 aromatic heterocycles. The first-order valence-corrected chi connectivity index (χ1v) is 6.80. The van der Waals surface area contributed by atoms with Gasteiger partial charge in [-0.05, 0) is 26.3 Å². The quantitative estimate of drug-likeness (QED) is 0.588. The summed E-state index contributed by atoms with van der Waals surface area (Å²) in [6.07, 6.45) is 1.15. The number of amides is 2. The second kappa shape index (κ2) is 9.61. The molecule has 0 saturated heterocycles. The average Bonchev–Trinajstić information content (AvgIpc) is 2.34. The fourth-order valence-electron chi connectivity index (χ4n) is 1.58. The number of likely N-dealkylation sites (N-methyl/N-ethyl adjacent to an activating group) is 1. The molecular formula is C13H27N3O3. The Morgan fingerprint density at radius 3 is 2.42 bits per heavy atom. The van der Waals surface area contributed by atoms with Gasteiger partial charge in [-0.2, -0.15) is 0 Å². The lowest BCUT2D eigenvalue weighted by atomic mass is 10.1. The summed E-state index contributed by atoms with van der Waals surface area (Å²) in [6.45, 7) is 7.83. The maximum absolute atomic E-state index is 11.5. The second-order valence-corrected chi connectivity index (χ2v) is 5.08. The van der Waals surface area contributed by atoms with Gasteiger partial charge in [-0.15, -0.1) is 0 Å². The summed E-state index contributed by atoms with van der Waals surface area (Å²) in [4.78, 5) is 24.1. The predicted octanol–water partition coefficient (Wildman–Crippen LogP) is 1.13. The van der Waals surface area contributed by atoms with E-state index in [-0.39, 0.29) is 18.4 Å². The van der Waals surface area contributed by atoms with Crippen LogP contribution in [0, 0.1) is 5.92 Å². The first-order chi connectivity index (χ1) is 8.86. The van der Waals surface area contributed by atoms with Crippen LogP contribution in [0.4, 0.5) is 4.79 Å². The van der Waals surface area contributed by atoms with Crippen LogP contribution in [0.2, 0.25) is 0 Å². The zero-order chi connectivity index (χ0) is 14.8. The summed E-state index contributed by atoms with van der Waals surface area (Å²) in [5.41, 5.74) is 0. The number of carbonyl (C=O) groups excluding carboxylic acids is 1. The van der Waals surface area contributed by atoms with Crippen LogP contribution in [0.3, 0.4) is 0 Å². The Morgan fingerprint density at radius 1 is 1.26 bits per heavy atom. The molecule has 0 fully saturated rings. The van der Waals surface area contributed by atoms with E-state index in [0.717, 1.165) is 13.0 Å². The Bertz CT molecular complexity index is 284. The van der Waals surface area contributed by atoms with Gasteiger partial charge in [0.05, 0.1) is 0 Å². The highest BCUT2D eigenvalue weighted by molar-refractivity contribution is 5.74. The van der Waals surface area contributed by atoms with Crippen molar-refractivity contribution in [2.75, 3.05) is 26.7 Å². The molecule has 0 aliphatic rings. The maximum atomic E-state index is 11.5. The molecule has 0 spiro atoms. The van der Waals surface area contributed by atoms with Crippen LogP contribution in [0.5, 0.6) is 0 Å². The van der Waals surface area contributed by atoms with Gasteiger partial charge in [0, 0.05) is 32.1 Å². The summed E-state index contributed by atoms with van der Waals surface area (Å²) in [5.74, 6) is -0.907. The molecule has 6 nitrogen and oxygen atoms in total. The zero-order valence-electron chi connectivity index (χ0n) is 12.4. The lowest BCUT2D eigenvalue weighted by Gasteiger charge is -2.23. The van der Waals surface area contributed by atoms with Crippen LogP contribution in [-0.4, -0.2) is 54.7 Å². The van der Waals surface area contributed by atoms with Crippen LogP contribution in [0.25, 0.3) is 0 Å². The molecule has 0 radical (unpaired) electrons. The summed E-state index contributed by atoms with van der Waals surface area (Å²) in [6, 6.07) is 0.259. The van der Waals surface area contributed by atoms with E-state index in [1.165, 1.54) is 0 Å². The summed E-state index contributed by atoms with van der Waals surface area (Å²) in [5, 5.41) is 14.0. The van der Waals surface area contributed by atoms with Gasteiger partial charge in [-0.25, -0.2) is 4.79 Å². The van der Waals surface area contributed by atoms with Gasteiger partial charge >= 0.3 is 12.0 Å². The number of urea groups is 1. The number of hydrogen-bond acceptors (Lipinski definition) is 3. The molecule has 0 aliphatic carbocycles. The first-order valence-electron chi connectivity index (χ1n) is 6.80. The fourth-order valence-corrected chi connectivity index (χ4v) is 1.58. The van der Waals surface area contributed by atoms with Gasteiger partial charge in [0.1, 0.15) is 0 Å². The highest BCUT2D eigenvalue weighted by Crippen LogP contribution is 1.99. The largest absolute Gasteiger partial charge is 0.481 e. The lowest BCUT2D eigenvalue weighted by Crippen LogP contribution is -2.42. The minimum atomic E-state index is -0.843. The molecule has 0 aromatic carbocycles. The third-order valence-electron chi connectivity index (χ3n) is 3.23. The third kappa shape index (κ3) is 9.30. The number of hydrogen-bond donors (Lipinski definition) is 3. The molecule has 6 heteroatoms. The van der Waals surface area contributed by atoms with Crippen molar-refractivity contribution in [1.82, 2.24) is 15.5 Å². The van der Waals surface area contributed by atoms with E-state index < -0.39 is 5.97 Å². The van der Waals surface area contributed by atoms with Crippen molar-refractivity contribution in [2.24, 2.45) is 5.92 Å². The van der Waals surface area contributed by atoms with Crippen LogP contribution in [-0.2, 0) is 4.79 Å². The monoisotopic (exact) mass is 273 g/mol. The molecule has 3 N–H and O–H groups in total. The van der Waals surface area contributed by atoms with E-state index in [2.05, 4.69) is 29.4 Å². The van der Waals surface area contributed by atoms with E-state index in [0.29, 0.717) is 19.1 Å². The molecule has 2 amide bonds. The number of carboxylic acid groups (broad SMARTS) is 1. The Kier molecular flexibility index (Phi) is 8.95. The first kappa shape index (κ1) is 17.7. The Labute approximate surface area is 115 Å². The number of nitrogens with zero attached hydrogens (tertiary/aromatic N) is 1. The molecule has 2 unspecified atom stereocenters. The van der Waals surface area contributed by atoms with Gasteiger partial charge in [0.2, 0.25) is 0 Å². The van der Waals surface area contributed by atoms with Crippen LogP contribution >= 0.6 is 0 Å². The smallest absolute Gasteiger partial charge is 0.314 e. The minimum absolute atomic E-state index is 0.0639. The molecule has 112 valence electrons. The van der Waals surface area contributed by atoms with E-state index in [1.54, 1.807) is 6.92 Å². The van der Waals surface area contributed by atoms with Crippen molar-refractivity contribution >= 4 is 12.0 Å². The molecule has 19 heavy (non-hydrogen) atoms. The van der Waals surface area contributed by atoms with Gasteiger partial charge < -0.3 is 20.6 Å². The maximum Gasteiger partial charge on any atom is 0.314 e. The lowest BCUT2D eigenvalue weighted by molar-refractivity contribution is -0.137. The van der Waals surface area contributed by atoms with Crippen molar-refractivity contribution in [1.29, 1.82) is 0 Å². The molecule has 0 aliphatic heterocycles. The molecular weight excluding hydrogens is 246 g/mol. The van der Waals surface area contributed by atoms with Crippen molar-refractivity contribution in [3.05, 3.63) is 0 Å². The van der Waals surface area contributed by atoms with Crippen molar-refractivity contribution < 1.29 is 14.7 Å². The van der Waals surface area contributed by atoms with Gasteiger partial charge in [0.15, 0.2) is 0 Å². The topological polar surface area (TPSA) is 81.7 Å². The van der Waals surface area contributed by atoms with Gasteiger partial charge in [-0.1, -0.05) is 13.8 Å². The molecule has 0 aromatic rings. The molecule has 0 bridgehead atoms. The second-order valence-electron chi connectivity index (χ2n) is 5.08. The Hall–Kier alpha value is -1.30. The van der Waals surface area contributed by atoms with E-state index in [1.807, 2.05) is 7.05 Å². The molecule has 0 rings (SSSR count). The van der Waals surface area contributed by atoms with Gasteiger partial charge in [-0.3, -0.25) is 4.79 Å². The van der Waals surface area contributed by atoms with Crippen molar-refractivity contribution in [2.45, 2.75) is 39.7 Å². The van der Waals surface area contributed by atoms with Crippen molar-refractivity contribution in [3.63, 3.8) is 0 Å². The zero-order valence-corrected chi connectivity index (χ0v) is 12.4. The fraction of sp³-hybridized carbons (Fsp3) is 0.846. The molecule has 2 atom stereocenters. The summed E-state index contributed by atoms with van der Waals surface area (Å²) >= 11 is 0. The average molecular weight is 273 g/mol. The summed E-state index contributed by atoms with van der Waals surface area (Å²) in [7, 11) is 2.03. The highest BCUT2D eigenvalue weighted by atomic mass is 16.4. The van der Waals surface area contributed by atoms with Crippen LogP contribution in [0.15, 0.2) is 0 Å². The predicted molar refractivity (Wildman–Crippen MR) is 75.2 cm³/mol. The SMILES string of the molecule is CCC(C)N(C)CCNC(=O)NCC(C)CC(=O)O. The Balaban J connectivity index is 3.67. The third-order valence-corrected chi connectivity index (χ3v) is 3.23. The van der Waals surface area contributed by atoms with Crippen LogP contribution in [0.1, 0.15) is 33.6 Å². The molecule has 0 heterocycles. The number of aliphatic carboxylic acids is 1. The number of carboxylic acids is 1. The number of nitrogens with one attached hydrogen (secondary N) is 2. The van der Waals surface area contributed by atoms with Crippen molar-refractivity contribution in [3.8, 4) is 0 Å². The standard InChI is InChI=1S/C13H27N3O3/c1-5-11(3)16(4)7-6-14-13(19)15-9-10(2)8-12(17)18/h10-11H,5-9H2,1-4H3,(H,17,18)(H2,14,15,19). The highest BCUT2D eigenvalue weighted by Gasteiger charge is 2.10. The number of carbonyl (C=O) groups is 2. The normalized spacial score (nSPS) is 13.9. The van der Waals surface area contributed by atoms with E-state index in [9.17, 15) is 9.59 Å². The summed E-state index contributed by atoms with van der Waals surface area (Å²) < 4.78 is 0. The molecule has 0 saturated carbocycles. The van der Waals surface area contributed by atoms with Crippen LogP contribution < -0.4 is 10.6 Å². The Morgan fingerprint density at radius 2 is 1.89 bits per heavy atom.